The number of pyridine rings is 1. The Labute approximate surface area is 216 Å². The second kappa shape index (κ2) is 12.0. The summed E-state index contributed by atoms with van der Waals surface area (Å²) in [5, 5.41) is 19.7. The summed E-state index contributed by atoms with van der Waals surface area (Å²) in [6.45, 7) is 5.62. The van der Waals surface area contributed by atoms with Crippen LogP contribution >= 0.6 is 0 Å². The van der Waals surface area contributed by atoms with Gasteiger partial charge in [-0.1, -0.05) is 18.9 Å². The van der Waals surface area contributed by atoms with E-state index in [-0.39, 0.29) is 12.6 Å². The Kier molecular flexibility index (Phi) is 9.07. The highest BCUT2D eigenvalue weighted by molar-refractivity contribution is 5.94. The number of hydrogen-bond donors (Lipinski definition) is 3. The maximum absolute atomic E-state index is 13.5. The average Bonchev–Trinajstić information content (AvgIpc) is 3.21. The molecule has 2 aromatic heterocycles. The molecule has 37 heavy (non-hydrogen) atoms. The first-order valence-electron chi connectivity index (χ1n) is 12.3. The molecule has 9 heteroatoms. The van der Waals surface area contributed by atoms with Crippen molar-refractivity contribution in [1.82, 2.24) is 14.9 Å². The van der Waals surface area contributed by atoms with E-state index in [9.17, 15) is 18.4 Å². The zero-order valence-electron chi connectivity index (χ0n) is 21.6. The highest BCUT2D eigenvalue weighted by atomic mass is 19.4. The lowest BCUT2D eigenvalue weighted by Gasteiger charge is -2.19. The van der Waals surface area contributed by atoms with E-state index < -0.39 is 18.1 Å². The topological polar surface area (TPSA) is 77.7 Å². The van der Waals surface area contributed by atoms with Crippen molar-refractivity contribution >= 4 is 22.3 Å². The van der Waals surface area contributed by atoms with Gasteiger partial charge >= 0.3 is 6.18 Å². The van der Waals surface area contributed by atoms with Crippen molar-refractivity contribution in [3.63, 3.8) is 0 Å². The molecule has 0 spiro atoms. The van der Waals surface area contributed by atoms with E-state index in [0.29, 0.717) is 28.0 Å². The van der Waals surface area contributed by atoms with Gasteiger partial charge in [0, 0.05) is 17.1 Å². The molecular formula is C28H33F3N6. The first-order chi connectivity index (χ1) is 17.6. The summed E-state index contributed by atoms with van der Waals surface area (Å²) in [5.41, 5.74) is 2.26. The zero-order valence-corrected chi connectivity index (χ0v) is 21.6. The van der Waals surface area contributed by atoms with Gasteiger partial charge < -0.3 is 20.5 Å². The molecule has 0 bridgehead atoms. The Morgan fingerprint density at radius 3 is 2.57 bits per heavy atom. The van der Waals surface area contributed by atoms with Crippen LogP contribution in [-0.2, 0) is 12.0 Å². The molecule has 0 saturated carbocycles. The number of anilines is 2. The number of hydrogen-bond acceptors (Lipinski definition) is 5. The maximum Gasteiger partial charge on any atom is 0.406 e. The third-order valence-corrected chi connectivity index (χ3v) is 6.16. The number of nitrogens with zero attached hydrogens (tertiary/aromatic N) is 3. The standard InChI is InChI=1S/C28H33F3N6/c1-5-20(13-15-33-4)36-24-9-6-10-25-23(24)16-22(37(25)19-28(29,30)31)8-7-14-34-21-11-12-26(35-17-21)27(2,3)18-32/h6,9-12,16-17,20,33-34,36H,5,13-15,19H2,1-4H3. The molecule has 0 aliphatic rings. The summed E-state index contributed by atoms with van der Waals surface area (Å²) in [6.07, 6.45) is -0.974. The second-order valence-electron chi connectivity index (χ2n) is 9.44. The van der Waals surface area contributed by atoms with E-state index in [1.807, 2.05) is 13.1 Å². The number of benzene rings is 1. The predicted molar refractivity (Wildman–Crippen MR) is 142 cm³/mol. The van der Waals surface area contributed by atoms with E-state index in [2.05, 4.69) is 45.8 Å². The van der Waals surface area contributed by atoms with Gasteiger partial charge in [0.05, 0.1) is 46.8 Å². The Morgan fingerprint density at radius 1 is 1.16 bits per heavy atom. The number of fused-ring (bicyclic) bond motifs is 1. The number of nitriles is 1. The van der Waals surface area contributed by atoms with Crippen molar-refractivity contribution in [3.8, 4) is 17.9 Å². The highest BCUT2D eigenvalue weighted by Crippen LogP contribution is 2.31. The molecule has 3 rings (SSSR count). The normalized spacial score (nSPS) is 12.5. The number of nitrogens with one attached hydrogen (secondary N) is 3. The van der Waals surface area contributed by atoms with Crippen LogP contribution in [0.5, 0.6) is 0 Å². The fourth-order valence-electron chi connectivity index (χ4n) is 3.99. The van der Waals surface area contributed by atoms with Crippen molar-refractivity contribution < 1.29 is 13.2 Å². The predicted octanol–water partition coefficient (Wildman–Crippen LogP) is 5.66. The minimum absolute atomic E-state index is 0.196. The largest absolute Gasteiger partial charge is 0.406 e. The van der Waals surface area contributed by atoms with Crippen molar-refractivity contribution in [2.75, 3.05) is 30.8 Å². The van der Waals surface area contributed by atoms with Crippen LogP contribution in [0.25, 0.3) is 10.9 Å². The molecule has 2 heterocycles. The first-order valence-corrected chi connectivity index (χ1v) is 12.3. The van der Waals surface area contributed by atoms with Crippen LogP contribution in [-0.4, -0.2) is 41.9 Å². The van der Waals surface area contributed by atoms with Gasteiger partial charge in [-0.05, 0) is 76.5 Å². The van der Waals surface area contributed by atoms with E-state index >= 15 is 0 Å². The summed E-state index contributed by atoms with van der Waals surface area (Å²) >= 11 is 0. The average molecular weight is 511 g/mol. The van der Waals surface area contributed by atoms with E-state index in [1.165, 1.54) is 4.57 Å². The van der Waals surface area contributed by atoms with E-state index in [1.54, 1.807) is 50.4 Å². The molecule has 0 aliphatic carbocycles. The third kappa shape index (κ3) is 7.41. The van der Waals surface area contributed by atoms with Gasteiger partial charge in [-0.3, -0.25) is 4.98 Å². The molecule has 6 nitrogen and oxygen atoms in total. The molecule has 0 amide bonds. The van der Waals surface area contributed by atoms with Gasteiger partial charge in [0.25, 0.3) is 0 Å². The van der Waals surface area contributed by atoms with Gasteiger partial charge in [0.1, 0.15) is 6.54 Å². The molecule has 3 N–H and O–H groups in total. The van der Waals surface area contributed by atoms with E-state index in [4.69, 9.17) is 0 Å². The smallest absolute Gasteiger partial charge is 0.382 e. The summed E-state index contributed by atoms with van der Waals surface area (Å²) < 4.78 is 41.6. The first kappa shape index (κ1) is 27.9. The van der Waals surface area contributed by atoms with Crippen molar-refractivity contribution in [2.45, 2.75) is 57.8 Å². The van der Waals surface area contributed by atoms with E-state index in [0.717, 1.165) is 25.1 Å². The Hall–Kier alpha value is -3.69. The molecule has 0 fully saturated rings. The van der Waals surface area contributed by atoms with Crippen LogP contribution in [0.15, 0.2) is 42.6 Å². The van der Waals surface area contributed by atoms with Crippen molar-refractivity contribution in [3.05, 3.63) is 54.0 Å². The number of alkyl halides is 3. The molecule has 1 aromatic carbocycles. The fraction of sp³-hybridized carbons (Fsp3) is 0.429. The molecule has 196 valence electrons. The zero-order chi connectivity index (χ0) is 27.1. The summed E-state index contributed by atoms with van der Waals surface area (Å²) in [7, 11) is 1.89. The molecule has 0 radical (unpaired) electrons. The summed E-state index contributed by atoms with van der Waals surface area (Å²) in [6, 6.07) is 13.1. The molecule has 0 aliphatic heterocycles. The molecule has 1 atom stereocenters. The fourth-order valence-corrected chi connectivity index (χ4v) is 3.99. The van der Waals surface area contributed by atoms with Gasteiger partial charge in [0.2, 0.25) is 0 Å². The monoisotopic (exact) mass is 510 g/mol. The third-order valence-electron chi connectivity index (χ3n) is 6.16. The molecule has 3 aromatic rings. The lowest BCUT2D eigenvalue weighted by atomic mass is 9.91. The Morgan fingerprint density at radius 2 is 1.95 bits per heavy atom. The van der Waals surface area contributed by atoms with Crippen LogP contribution < -0.4 is 16.0 Å². The second-order valence-corrected chi connectivity index (χ2v) is 9.44. The van der Waals surface area contributed by atoms with Crippen LogP contribution in [0.1, 0.15) is 45.0 Å². The number of rotatable bonds is 10. The van der Waals surface area contributed by atoms with Crippen molar-refractivity contribution in [1.29, 1.82) is 5.26 Å². The van der Waals surface area contributed by atoms with Gasteiger partial charge in [-0.15, -0.1) is 0 Å². The van der Waals surface area contributed by atoms with Gasteiger partial charge in [-0.25, -0.2) is 0 Å². The van der Waals surface area contributed by atoms with Gasteiger partial charge in [-0.2, -0.15) is 18.4 Å². The number of halogens is 3. The molecule has 1 unspecified atom stereocenters. The number of aromatic nitrogens is 2. The molecule has 0 saturated heterocycles. The quantitative estimate of drug-likeness (QED) is 0.307. The Bertz CT molecular complexity index is 1290. The minimum atomic E-state index is -4.38. The SMILES string of the molecule is CCC(CCNC)Nc1cccc2c1cc(C#CCNc1ccc(C(C)(C)C#N)nc1)n2CC(F)(F)F. The lowest BCUT2D eigenvalue weighted by molar-refractivity contribution is -0.140. The Balaban J connectivity index is 1.85. The van der Waals surface area contributed by atoms with Crippen LogP contribution in [0.4, 0.5) is 24.5 Å². The molecular weight excluding hydrogens is 477 g/mol. The van der Waals surface area contributed by atoms with Gasteiger partial charge in [0.15, 0.2) is 0 Å². The summed E-state index contributed by atoms with van der Waals surface area (Å²) in [4.78, 5) is 4.33. The van der Waals surface area contributed by atoms with Crippen LogP contribution in [0, 0.1) is 23.2 Å². The van der Waals surface area contributed by atoms with Crippen LogP contribution in [0.3, 0.4) is 0 Å². The maximum atomic E-state index is 13.5. The summed E-state index contributed by atoms with van der Waals surface area (Å²) in [5.74, 6) is 5.85. The minimum Gasteiger partial charge on any atom is -0.382 e. The highest BCUT2D eigenvalue weighted by Gasteiger charge is 2.30. The lowest BCUT2D eigenvalue weighted by Crippen LogP contribution is -2.23. The van der Waals surface area contributed by atoms with Crippen LogP contribution in [0.2, 0.25) is 0 Å². The van der Waals surface area contributed by atoms with Crippen molar-refractivity contribution in [2.24, 2.45) is 0 Å².